The predicted octanol–water partition coefficient (Wildman–Crippen LogP) is 1.43. The molecule has 0 fully saturated rings. The van der Waals surface area contributed by atoms with Crippen molar-refractivity contribution in [3.63, 3.8) is 0 Å². The van der Waals surface area contributed by atoms with Crippen LogP contribution in [0.3, 0.4) is 0 Å². The summed E-state index contributed by atoms with van der Waals surface area (Å²) in [5.41, 5.74) is 0.880. The third-order valence-corrected chi connectivity index (χ3v) is 4.42. The van der Waals surface area contributed by atoms with E-state index in [4.69, 9.17) is 0 Å². The van der Waals surface area contributed by atoms with Gasteiger partial charge in [0, 0.05) is 12.4 Å². The number of pyridine rings is 1. The van der Waals surface area contributed by atoms with Gasteiger partial charge in [0.25, 0.3) is 0 Å². The molecule has 0 saturated heterocycles. The van der Waals surface area contributed by atoms with Crippen molar-refractivity contribution in [2.45, 2.75) is 38.2 Å². The highest BCUT2D eigenvalue weighted by atomic mass is 32.2. The van der Waals surface area contributed by atoms with E-state index in [9.17, 15) is 13.5 Å². The molecule has 1 aromatic rings. The molecule has 0 spiro atoms. The van der Waals surface area contributed by atoms with Crippen LogP contribution in [-0.2, 0) is 16.3 Å². The van der Waals surface area contributed by atoms with E-state index in [0.29, 0.717) is 0 Å². The van der Waals surface area contributed by atoms with Gasteiger partial charge in [-0.05, 0) is 24.0 Å². The Labute approximate surface area is 103 Å². The van der Waals surface area contributed by atoms with Crippen LogP contribution in [0, 0.1) is 5.92 Å². The molecule has 0 amide bonds. The van der Waals surface area contributed by atoms with Crippen LogP contribution in [0.25, 0.3) is 0 Å². The predicted molar refractivity (Wildman–Crippen MR) is 66.5 cm³/mol. The minimum atomic E-state index is -3.45. The van der Waals surface area contributed by atoms with E-state index in [1.165, 1.54) is 6.20 Å². The van der Waals surface area contributed by atoms with Gasteiger partial charge in [-0.25, -0.2) is 8.42 Å². The molecule has 1 unspecified atom stereocenters. The quantitative estimate of drug-likeness (QED) is 0.866. The number of aliphatic hydroxyl groups excluding tert-OH is 1. The first-order valence-corrected chi connectivity index (χ1v) is 7.36. The Balaban J connectivity index is 2.97. The summed E-state index contributed by atoms with van der Waals surface area (Å²) in [4.78, 5) is 4.10. The van der Waals surface area contributed by atoms with Gasteiger partial charge in [-0.2, -0.15) is 0 Å². The van der Waals surface area contributed by atoms with Gasteiger partial charge in [-0.15, -0.1) is 0 Å². The summed E-state index contributed by atoms with van der Waals surface area (Å²) < 4.78 is 24.0. The first kappa shape index (κ1) is 14.1. The Bertz CT molecular complexity index is 468. The van der Waals surface area contributed by atoms with Gasteiger partial charge < -0.3 is 5.11 Å². The Kier molecular flexibility index (Phi) is 4.65. The van der Waals surface area contributed by atoms with Crippen LogP contribution in [0.2, 0.25) is 0 Å². The van der Waals surface area contributed by atoms with Crippen molar-refractivity contribution >= 4 is 9.84 Å². The van der Waals surface area contributed by atoms with E-state index in [1.54, 1.807) is 26.1 Å². The summed E-state index contributed by atoms with van der Waals surface area (Å²) in [6.07, 6.45) is 2.88. The zero-order valence-electron chi connectivity index (χ0n) is 10.4. The fourth-order valence-electron chi connectivity index (χ4n) is 1.34. The molecule has 0 aliphatic carbocycles. The fraction of sp³-hybridized carbons (Fsp3) is 0.583. The SMILES string of the molecule is CCc1cncc(S(=O)(=O)CC(O)C(C)C)c1. The summed E-state index contributed by atoms with van der Waals surface area (Å²) in [6, 6.07) is 1.62. The third-order valence-electron chi connectivity index (χ3n) is 2.70. The molecule has 4 nitrogen and oxygen atoms in total. The van der Waals surface area contributed by atoms with Crippen molar-refractivity contribution in [3.8, 4) is 0 Å². The van der Waals surface area contributed by atoms with Gasteiger partial charge in [0.05, 0.1) is 16.8 Å². The van der Waals surface area contributed by atoms with Crippen LogP contribution in [0.15, 0.2) is 23.4 Å². The van der Waals surface area contributed by atoms with E-state index >= 15 is 0 Å². The highest BCUT2D eigenvalue weighted by Crippen LogP contribution is 2.15. The number of aryl methyl sites for hydroxylation is 1. The molecule has 0 aliphatic rings. The molecule has 96 valence electrons. The van der Waals surface area contributed by atoms with Crippen molar-refractivity contribution in [2.24, 2.45) is 5.92 Å². The normalized spacial score (nSPS) is 13.9. The standard InChI is InChI=1S/C12H19NO3S/c1-4-10-5-11(7-13-6-10)17(15,16)8-12(14)9(2)3/h5-7,9,12,14H,4,8H2,1-3H3. The molecule has 0 aliphatic heterocycles. The van der Waals surface area contributed by atoms with Crippen LogP contribution < -0.4 is 0 Å². The molecule has 0 saturated carbocycles. The van der Waals surface area contributed by atoms with Crippen LogP contribution in [0.5, 0.6) is 0 Å². The van der Waals surface area contributed by atoms with Gasteiger partial charge >= 0.3 is 0 Å². The second-order valence-electron chi connectivity index (χ2n) is 4.48. The summed E-state index contributed by atoms with van der Waals surface area (Å²) >= 11 is 0. The van der Waals surface area contributed by atoms with Gasteiger partial charge in [0.15, 0.2) is 9.84 Å². The van der Waals surface area contributed by atoms with E-state index in [1.807, 2.05) is 6.92 Å². The topological polar surface area (TPSA) is 67.3 Å². The lowest BCUT2D eigenvalue weighted by Crippen LogP contribution is -2.25. The highest BCUT2D eigenvalue weighted by molar-refractivity contribution is 7.91. The molecule has 0 aromatic carbocycles. The summed E-state index contributed by atoms with van der Waals surface area (Å²) in [6.45, 7) is 5.53. The third kappa shape index (κ3) is 3.78. The van der Waals surface area contributed by atoms with E-state index < -0.39 is 15.9 Å². The lowest BCUT2D eigenvalue weighted by atomic mass is 10.1. The molecule has 1 rings (SSSR count). The number of nitrogens with zero attached hydrogens (tertiary/aromatic N) is 1. The van der Waals surface area contributed by atoms with E-state index in [2.05, 4.69) is 4.98 Å². The number of aliphatic hydroxyl groups is 1. The summed E-state index contributed by atoms with van der Waals surface area (Å²) in [5, 5.41) is 9.65. The number of hydrogen-bond donors (Lipinski definition) is 1. The molecule has 1 aromatic heterocycles. The molecule has 17 heavy (non-hydrogen) atoms. The van der Waals surface area contributed by atoms with Crippen molar-refractivity contribution in [2.75, 3.05) is 5.75 Å². The number of hydrogen-bond acceptors (Lipinski definition) is 4. The lowest BCUT2D eigenvalue weighted by Gasteiger charge is -2.14. The van der Waals surface area contributed by atoms with Crippen LogP contribution in [0.1, 0.15) is 26.3 Å². The second kappa shape index (κ2) is 5.60. The van der Waals surface area contributed by atoms with Gasteiger partial charge in [0.1, 0.15) is 0 Å². The first-order chi connectivity index (χ1) is 7.86. The van der Waals surface area contributed by atoms with Gasteiger partial charge in [-0.3, -0.25) is 4.98 Å². The second-order valence-corrected chi connectivity index (χ2v) is 6.51. The van der Waals surface area contributed by atoms with Crippen LogP contribution >= 0.6 is 0 Å². The molecular weight excluding hydrogens is 238 g/mol. The first-order valence-electron chi connectivity index (χ1n) is 5.71. The molecule has 1 atom stereocenters. The lowest BCUT2D eigenvalue weighted by molar-refractivity contribution is 0.147. The van der Waals surface area contributed by atoms with Crippen molar-refractivity contribution in [3.05, 3.63) is 24.0 Å². The highest BCUT2D eigenvalue weighted by Gasteiger charge is 2.22. The van der Waals surface area contributed by atoms with Crippen LogP contribution in [0.4, 0.5) is 0 Å². The molecular formula is C12H19NO3S. The minimum absolute atomic E-state index is 0.0768. The summed E-state index contributed by atoms with van der Waals surface area (Å²) in [7, 11) is -3.45. The van der Waals surface area contributed by atoms with E-state index in [0.717, 1.165) is 12.0 Å². The van der Waals surface area contributed by atoms with Crippen molar-refractivity contribution in [1.29, 1.82) is 0 Å². The Morgan fingerprint density at radius 1 is 1.35 bits per heavy atom. The number of aromatic nitrogens is 1. The number of rotatable bonds is 5. The zero-order chi connectivity index (χ0) is 13.1. The largest absolute Gasteiger partial charge is 0.392 e. The maximum Gasteiger partial charge on any atom is 0.182 e. The van der Waals surface area contributed by atoms with Crippen LogP contribution in [-0.4, -0.2) is 30.4 Å². The molecule has 0 bridgehead atoms. The maximum atomic E-state index is 12.0. The van der Waals surface area contributed by atoms with Gasteiger partial charge in [-0.1, -0.05) is 20.8 Å². The molecule has 1 N–H and O–H groups in total. The molecule has 5 heteroatoms. The Morgan fingerprint density at radius 2 is 2.00 bits per heavy atom. The Morgan fingerprint density at radius 3 is 2.53 bits per heavy atom. The average molecular weight is 257 g/mol. The number of sulfone groups is 1. The molecule has 1 heterocycles. The smallest absolute Gasteiger partial charge is 0.182 e. The van der Waals surface area contributed by atoms with Crippen molar-refractivity contribution < 1.29 is 13.5 Å². The van der Waals surface area contributed by atoms with Crippen molar-refractivity contribution in [1.82, 2.24) is 4.98 Å². The minimum Gasteiger partial charge on any atom is -0.392 e. The summed E-state index contributed by atoms with van der Waals surface area (Å²) in [5.74, 6) is -0.327. The maximum absolute atomic E-state index is 12.0. The Hall–Kier alpha value is -0.940. The zero-order valence-corrected chi connectivity index (χ0v) is 11.2. The monoisotopic (exact) mass is 257 g/mol. The van der Waals surface area contributed by atoms with Gasteiger partial charge in [0.2, 0.25) is 0 Å². The fourth-order valence-corrected chi connectivity index (χ4v) is 2.92. The van der Waals surface area contributed by atoms with E-state index in [-0.39, 0.29) is 16.6 Å². The molecule has 0 radical (unpaired) electrons. The average Bonchev–Trinajstić information content (AvgIpc) is 2.28.